The minimum Gasteiger partial charge on any atom is -0.315 e. The van der Waals surface area contributed by atoms with Crippen LogP contribution in [0.2, 0.25) is 0 Å². The van der Waals surface area contributed by atoms with Crippen LogP contribution in [0.5, 0.6) is 0 Å². The average molecular weight is 239 g/mol. The van der Waals surface area contributed by atoms with Crippen LogP contribution in [0.3, 0.4) is 0 Å². The molecule has 100 valence electrons. The quantitative estimate of drug-likeness (QED) is 0.806. The van der Waals surface area contributed by atoms with Crippen molar-refractivity contribution in [3.63, 3.8) is 0 Å². The van der Waals surface area contributed by atoms with Crippen LogP contribution in [0.15, 0.2) is 0 Å². The molecule has 0 aromatic heterocycles. The Morgan fingerprint density at radius 1 is 1.06 bits per heavy atom. The molecule has 1 N–H and O–H groups in total. The van der Waals surface area contributed by atoms with Gasteiger partial charge in [0.05, 0.1) is 0 Å². The van der Waals surface area contributed by atoms with Gasteiger partial charge in [0.1, 0.15) is 0 Å². The minimum atomic E-state index is 0.713. The van der Waals surface area contributed by atoms with Crippen LogP contribution in [0.1, 0.15) is 39.5 Å². The molecule has 2 heterocycles. The molecule has 2 fully saturated rings. The molecule has 0 aliphatic carbocycles. The van der Waals surface area contributed by atoms with E-state index in [2.05, 4.69) is 29.0 Å². The second-order valence-electron chi connectivity index (χ2n) is 5.89. The smallest absolute Gasteiger partial charge is 0.0225 e. The van der Waals surface area contributed by atoms with Crippen LogP contribution < -0.4 is 5.32 Å². The molecule has 3 heteroatoms. The van der Waals surface area contributed by atoms with Gasteiger partial charge in [-0.15, -0.1) is 0 Å². The summed E-state index contributed by atoms with van der Waals surface area (Å²) in [6, 6.07) is 1.52. The van der Waals surface area contributed by atoms with E-state index in [9.17, 15) is 0 Å². The van der Waals surface area contributed by atoms with Crippen molar-refractivity contribution in [1.29, 1.82) is 0 Å². The lowest BCUT2D eigenvalue weighted by Gasteiger charge is -2.41. The first kappa shape index (κ1) is 13.3. The number of hydrogen-bond acceptors (Lipinski definition) is 3. The van der Waals surface area contributed by atoms with E-state index < -0.39 is 0 Å². The Bertz CT molecular complexity index is 210. The van der Waals surface area contributed by atoms with Crippen LogP contribution in [0, 0.1) is 0 Å². The molecule has 17 heavy (non-hydrogen) atoms. The van der Waals surface area contributed by atoms with E-state index in [4.69, 9.17) is 0 Å². The summed E-state index contributed by atoms with van der Waals surface area (Å²) < 4.78 is 0. The van der Waals surface area contributed by atoms with E-state index >= 15 is 0 Å². The lowest BCUT2D eigenvalue weighted by Crippen LogP contribution is -2.50. The van der Waals surface area contributed by atoms with Crippen LogP contribution in [-0.2, 0) is 0 Å². The number of hydrogen-bond donors (Lipinski definition) is 1. The first-order chi connectivity index (χ1) is 8.27. The standard InChI is InChI=1S/C14H29N3/c1-13(2)17-10-4-3-6-14(17)12-16-9-5-7-15-8-11-16/h13-15H,3-12H2,1-2H3. The van der Waals surface area contributed by atoms with Gasteiger partial charge in [0.2, 0.25) is 0 Å². The number of rotatable bonds is 3. The van der Waals surface area contributed by atoms with E-state index in [0.29, 0.717) is 6.04 Å². The van der Waals surface area contributed by atoms with E-state index in [0.717, 1.165) is 6.04 Å². The molecule has 2 aliphatic rings. The Hall–Kier alpha value is -0.120. The molecule has 2 rings (SSSR count). The fourth-order valence-electron chi connectivity index (χ4n) is 3.28. The molecule has 0 saturated carbocycles. The Balaban J connectivity index is 1.85. The first-order valence-electron chi connectivity index (χ1n) is 7.46. The van der Waals surface area contributed by atoms with E-state index in [1.54, 1.807) is 0 Å². The van der Waals surface area contributed by atoms with Crippen LogP contribution in [-0.4, -0.2) is 61.2 Å². The van der Waals surface area contributed by atoms with Crippen molar-refractivity contribution in [3.05, 3.63) is 0 Å². The monoisotopic (exact) mass is 239 g/mol. The number of likely N-dealkylation sites (tertiary alicyclic amines) is 1. The van der Waals surface area contributed by atoms with Crippen molar-refractivity contribution < 1.29 is 0 Å². The maximum atomic E-state index is 3.49. The van der Waals surface area contributed by atoms with Gasteiger partial charge in [0, 0.05) is 31.7 Å². The SMILES string of the molecule is CC(C)N1CCCCC1CN1CCCNCC1. The van der Waals surface area contributed by atoms with Crippen LogP contribution >= 0.6 is 0 Å². The predicted molar refractivity (Wildman–Crippen MR) is 73.4 cm³/mol. The van der Waals surface area contributed by atoms with E-state index in [1.165, 1.54) is 65.0 Å². The zero-order valence-electron chi connectivity index (χ0n) is 11.6. The summed E-state index contributed by atoms with van der Waals surface area (Å²) in [5, 5.41) is 3.49. The lowest BCUT2D eigenvalue weighted by molar-refractivity contribution is 0.0798. The van der Waals surface area contributed by atoms with Gasteiger partial charge in [0.25, 0.3) is 0 Å². The fraction of sp³-hybridized carbons (Fsp3) is 1.00. The third kappa shape index (κ3) is 3.94. The molecule has 0 bridgehead atoms. The number of piperidine rings is 1. The maximum absolute atomic E-state index is 3.49. The Morgan fingerprint density at radius 2 is 1.94 bits per heavy atom. The lowest BCUT2D eigenvalue weighted by atomic mass is 10.00. The van der Waals surface area contributed by atoms with Crippen molar-refractivity contribution in [3.8, 4) is 0 Å². The summed E-state index contributed by atoms with van der Waals surface area (Å²) in [6.07, 6.45) is 5.55. The average Bonchev–Trinajstić information content (AvgIpc) is 2.58. The number of nitrogens with zero attached hydrogens (tertiary/aromatic N) is 2. The largest absolute Gasteiger partial charge is 0.315 e. The molecule has 0 radical (unpaired) electrons. The van der Waals surface area contributed by atoms with Crippen molar-refractivity contribution in [2.45, 2.75) is 51.6 Å². The van der Waals surface area contributed by atoms with Gasteiger partial charge in [-0.05, 0) is 52.7 Å². The molecule has 0 spiro atoms. The summed E-state index contributed by atoms with van der Waals surface area (Å²) in [4.78, 5) is 5.40. The van der Waals surface area contributed by atoms with Gasteiger partial charge < -0.3 is 10.2 Å². The predicted octanol–water partition coefficient (Wildman–Crippen LogP) is 1.54. The molecular weight excluding hydrogens is 210 g/mol. The highest BCUT2D eigenvalue weighted by Crippen LogP contribution is 2.20. The third-order valence-corrected chi connectivity index (χ3v) is 4.24. The van der Waals surface area contributed by atoms with E-state index in [-0.39, 0.29) is 0 Å². The van der Waals surface area contributed by atoms with Crippen LogP contribution in [0.4, 0.5) is 0 Å². The molecule has 3 nitrogen and oxygen atoms in total. The molecule has 1 atom stereocenters. The summed E-state index contributed by atoms with van der Waals surface area (Å²) >= 11 is 0. The summed E-state index contributed by atoms with van der Waals surface area (Å²) in [5.74, 6) is 0. The van der Waals surface area contributed by atoms with Gasteiger partial charge in [-0.3, -0.25) is 4.90 Å². The Morgan fingerprint density at radius 3 is 2.76 bits per heavy atom. The summed E-state index contributed by atoms with van der Waals surface area (Å²) in [7, 11) is 0. The maximum Gasteiger partial charge on any atom is 0.0225 e. The zero-order chi connectivity index (χ0) is 12.1. The highest BCUT2D eigenvalue weighted by molar-refractivity contribution is 4.82. The van der Waals surface area contributed by atoms with Gasteiger partial charge >= 0.3 is 0 Å². The summed E-state index contributed by atoms with van der Waals surface area (Å²) in [6.45, 7) is 12.2. The van der Waals surface area contributed by atoms with Crippen molar-refractivity contribution in [2.75, 3.05) is 39.3 Å². The first-order valence-corrected chi connectivity index (χ1v) is 7.46. The van der Waals surface area contributed by atoms with Gasteiger partial charge in [0.15, 0.2) is 0 Å². The second kappa shape index (κ2) is 6.72. The summed E-state index contributed by atoms with van der Waals surface area (Å²) in [5.41, 5.74) is 0. The highest BCUT2D eigenvalue weighted by atomic mass is 15.2. The van der Waals surface area contributed by atoms with Crippen LogP contribution in [0.25, 0.3) is 0 Å². The minimum absolute atomic E-state index is 0.713. The van der Waals surface area contributed by atoms with Crippen molar-refractivity contribution in [2.24, 2.45) is 0 Å². The van der Waals surface area contributed by atoms with Crippen molar-refractivity contribution >= 4 is 0 Å². The zero-order valence-corrected chi connectivity index (χ0v) is 11.6. The normalized spacial score (nSPS) is 29.5. The molecule has 1 unspecified atom stereocenters. The van der Waals surface area contributed by atoms with Gasteiger partial charge in [-0.2, -0.15) is 0 Å². The molecule has 0 amide bonds. The number of nitrogens with one attached hydrogen (secondary N) is 1. The van der Waals surface area contributed by atoms with Crippen molar-refractivity contribution in [1.82, 2.24) is 15.1 Å². The Kier molecular flexibility index (Phi) is 5.26. The topological polar surface area (TPSA) is 18.5 Å². The molecule has 2 saturated heterocycles. The Labute approximate surface area is 107 Å². The van der Waals surface area contributed by atoms with E-state index in [1.807, 2.05) is 0 Å². The van der Waals surface area contributed by atoms with Gasteiger partial charge in [-0.1, -0.05) is 6.42 Å². The molecule has 0 aromatic carbocycles. The molecule has 0 aromatic rings. The molecular formula is C14H29N3. The van der Waals surface area contributed by atoms with Gasteiger partial charge in [-0.25, -0.2) is 0 Å². The molecule has 2 aliphatic heterocycles. The second-order valence-corrected chi connectivity index (χ2v) is 5.89. The highest BCUT2D eigenvalue weighted by Gasteiger charge is 2.26. The fourth-order valence-corrected chi connectivity index (χ4v) is 3.28. The third-order valence-electron chi connectivity index (χ3n) is 4.24.